The summed E-state index contributed by atoms with van der Waals surface area (Å²) in [4.78, 5) is 40.3. The summed E-state index contributed by atoms with van der Waals surface area (Å²) in [6.45, 7) is 5.06. The molecule has 0 aliphatic heterocycles. The van der Waals surface area contributed by atoms with E-state index in [4.69, 9.17) is 16.3 Å². The first-order valence-corrected chi connectivity index (χ1v) is 11.0. The van der Waals surface area contributed by atoms with E-state index in [9.17, 15) is 19.7 Å². The number of carbonyl (C=O) groups is 1. The van der Waals surface area contributed by atoms with Gasteiger partial charge in [-0.3, -0.25) is 14.9 Å². The van der Waals surface area contributed by atoms with E-state index in [2.05, 4.69) is 30.8 Å². The Morgan fingerprint density at radius 3 is 2.65 bits per heavy atom. The Kier molecular flexibility index (Phi) is 7.37. The average Bonchev–Trinajstić information content (AvgIpc) is 2.76. The first kappa shape index (κ1) is 25.3. The van der Waals surface area contributed by atoms with Gasteiger partial charge in [0.1, 0.15) is 5.82 Å². The molecule has 2 aromatic carbocycles. The maximum absolute atomic E-state index is 13.3. The lowest BCUT2D eigenvalue weighted by atomic mass is 9.95. The monoisotopic (exact) mass is 550 g/mol. The van der Waals surface area contributed by atoms with E-state index in [0.717, 1.165) is 17.9 Å². The van der Waals surface area contributed by atoms with Crippen LogP contribution in [0.5, 0.6) is 5.75 Å². The quantitative estimate of drug-likeness (QED) is 0.192. The van der Waals surface area contributed by atoms with Gasteiger partial charge in [-0.2, -0.15) is 9.78 Å². The van der Waals surface area contributed by atoms with Crippen LogP contribution in [0.2, 0.25) is 5.02 Å². The Morgan fingerprint density at radius 1 is 1.32 bits per heavy atom. The number of nitro groups is 1. The average molecular weight is 552 g/mol. The highest BCUT2D eigenvalue weighted by Gasteiger charge is 2.24. The molecular weight excluding hydrogens is 532 g/mol. The van der Waals surface area contributed by atoms with Gasteiger partial charge >= 0.3 is 11.7 Å². The standard InChI is InChI=1S/C22H20BrClN4O6/c1-22(2,3)21-26-16-6-5-13(23)8-15(16)20(30)27(21)25-10-12-7-14(24)9-17(28(31)32)19(12)34-11-18(29)33-4/h5-10H,11H2,1-4H3. The Balaban J connectivity index is 2.23. The van der Waals surface area contributed by atoms with E-state index in [1.54, 1.807) is 18.2 Å². The predicted molar refractivity (Wildman–Crippen MR) is 131 cm³/mol. The van der Waals surface area contributed by atoms with Crippen molar-refractivity contribution >= 4 is 56.3 Å². The number of carbonyl (C=O) groups excluding carboxylic acids is 1. The highest BCUT2D eigenvalue weighted by atomic mass is 79.9. The number of methoxy groups -OCH3 is 1. The molecule has 0 saturated heterocycles. The number of nitrogens with zero attached hydrogens (tertiary/aromatic N) is 4. The summed E-state index contributed by atoms with van der Waals surface area (Å²) in [6, 6.07) is 7.61. The highest BCUT2D eigenvalue weighted by Crippen LogP contribution is 2.34. The lowest BCUT2D eigenvalue weighted by Crippen LogP contribution is -2.29. The molecule has 0 N–H and O–H groups in total. The lowest BCUT2D eigenvalue weighted by Gasteiger charge is -2.21. The van der Waals surface area contributed by atoms with Gasteiger partial charge in [-0.25, -0.2) is 9.78 Å². The molecule has 3 rings (SSSR count). The number of benzene rings is 2. The van der Waals surface area contributed by atoms with Gasteiger partial charge in [0.25, 0.3) is 5.56 Å². The third-order valence-electron chi connectivity index (χ3n) is 4.61. The minimum atomic E-state index is -0.734. The van der Waals surface area contributed by atoms with Crippen molar-refractivity contribution in [1.82, 2.24) is 9.66 Å². The van der Waals surface area contributed by atoms with Gasteiger partial charge in [0.05, 0.1) is 29.2 Å². The van der Waals surface area contributed by atoms with Gasteiger partial charge in [-0.05, 0) is 24.3 Å². The van der Waals surface area contributed by atoms with E-state index in [1.165, 1.54) is 12.3 Å². The van der Waals surface area contributed by atoms with Gasteiger partial charge in [-0.15, -0.1) is 0 Å². The fourth-order valence-corrected chi connectivity index (χ4v) is 3.62. The first-order chi connectivity index (χ1) is 15.9. The number of fused-ring (bicyclic) bond motifs is 1. The zero-order valence-corrected chi connectivity index (χ0v) is 21.0. The third kappa shape index (κ3) is 5.42. The fraction of sp³-hybridized carbons (Fsp3) is 0.273. The Morgan fingerprint density at radius 2 is 2.03 bits per heavy atom. The highest BCUT2D eigenvalue weighted by molar-refractivity contribution is 9.10. The molecular formula is C22H20BrClN4O6. The minimum Gasteiger partial charge on any atom is -0.474 e. The van der Waals surface area contributed by atoms with Crippen LogP contribution in [0.15, 0.2) is 44.7 Å². The molecule has 10 nitrogen and oxygen atoms in total. The summed E-state index contributed by atoms with van der Waals surface area (Å²) < 4.78 is 11.7. The van der Waals surface area contributed by atoms with Crippen molar-refractivity contribution in [3.63, 3.8) is 0 Å². The summed E-state index contributed by atoms with van der Waals surface area (Å²) in [6.07, 6.45) is 1.20. The molecule has 3 aromatic rings. The molecule has 0 unspecified atom stereocenters. The van der Waals surface area contributed by atoms with E-state index >= 15 is 0 Å². The van der Waals surface area contributed by atoms with Crippen LogP contribution in [0, 0.1) is 10.1 Å². The molecule has 178 valence electrons. The molecule has 1 aromatic heterocycles. The van der Waals surface area contributed by atoms with Crippen LogP contribution in [0.1, 0.15) is 32.2 Å². The normalized spacial score (nSPS) is 11.7. The SMILES string of the molecule is COC(=O)COc1c(C=Nn2c(C(C)(C)C)nc3ccc(Br)cc3c2=O)cc(Cl)cc1[N+](=O)[O-]. The lowest BCUT2D eigenvalue weighted by molar-refractivity contribution is -0.385. The van der Waals surface area contributed by atoms with Crippen molar-refractivity contribution < 1.29 is 19.2 Å². The van der Waals surface area contributed by atoms with Crippen molar-refractivity contribution in [2.75, 3.05) is 13.7 Å². The molecule has 0 spiro atoms. The van der Waals surface area contributed by atoms with E-state index < -0.39 is 34.2 Å². The number of hydrogen-bond donors (Lipinski definition) is 0. The van der Waals surface area contributed by atoms with Gasteiger partial charge < -0.3 is 9.47 Å². The summed E-state index contributed by atoms with van der Waals surface area (Å²) in [5.41, 5.74) is -0.875. The molecule has 0 fully saturated rings. The van der Waals surface area contributed by atoms with E-state index in [1.807, 2.05) is 20.8 Å². The Labute approximate surface area is 207 Å². The fourth-order valence-electron chi connectivity index (χ4n) is 3.04. The second-order valence-electron chi connectivity index (χ2n) is 8.17. The number of nitro benzene ring substituents is 1. The van der Waals surface area contributed by atoms with Crippen molar-refractivity contribution in [1.29, 1.82) is 0 Å². The second kappa shape index (κ2) is 9.90. The van der Waals surface area contributed by atoms with Crippen LogP contribution >= 0.6 is 27.5 Å². The molecule has 0 aliphatic rings. The van der Waals surface area contributed by atoms with E-state index in [0.29, 0.717) is 21.2 Å². The van der Waals surface area contributed by atoms with Gasteiger partial charge in [0.15, 0.2) is 6.61 Å². The Bertz CT molecular complexity index is 1380. The van der Waals surface area contributed by atoms with Gasteiger partial charge in [0, 0.05) is 26.5 Å². The first-order valence-electron chi connectivity index (χ1n) is 9.87. The van der Waals surface area contributed by atoms with Gasteiger partial charge in [0.2, 0.25) is 5.75 Å². The van der Waals surface area contributed by atoms with Crippen LogP contribution in [-0.2, 0) is 14.9 Å². The second-order valence-corrected chi connectivity index (χ2v) is 9.53. The molecule has 0 saturated carbocycles. The zero-order valence-electron chi connectivity index (χ0n) is 18.7. The maximum atomic E-state index is 13.3. The largest absolute Gasteiger partial charge is 0.474 e. The Hall–Kier alpha value is -3.31. The molecule has 0 radical (unpaired) electrons. The van der Waals surface area contributed by atoms with Crippen LogP contribution in [0.4, 0.5) is 5.69 Å². The summed E-state index contributed by atoms with van der Waals surface area (Å²) in [5.74, 6) is -0.606. The van der Waals surface area contributed by atoms with Gasteiger partial charge in [-0.1, -0.05) is 48.3 Å². The van der Waals surface area contributed by atoms with Crippen LogP contribution in [-0.4, -0.2) is 40.5 Å². The number of halogens is 2. The molecule has 0 bridgehead atoms. The van der Waals surface area contributed by atoms with Crippen LogP contribution < -0.4 is 10.3 Å². The summed E-state index contributed by atoms with van der Waals surface area (Å²) >= 11 is 9.42. The smallest absolute Gasteiger partial charge is 0.343 e. The number of hydrogen-bond acceptors (Lipinski definition) is 8. The molecule has 1 heterocycles. The topological polar surface area (TPSA) is 126 Å². The van der Waals surface area contributed by atoms with E-state index in [-0.39, 0.29) is 16.3 Å². The van der Waals surface area contributed by atoms with Crippen LogP contribution in [0.3, 0.4) is 0 Å². The van der Waals surface area contributed by atoms with Crippen molar-refractivity contribution in [3.8, 4) is 5.75 Å². The molecule has 34 heavy (non-hydrogen) atoms. The zero-order chi connectivity index (χ0) is 25.2. The third-order valence-corrected chi connectivity index (χ3v) is 5.32. The maximum Gasteiger partial charge on any atom is 0.343 e. The predicted octanol–water partition coefficient (Wildman–Crippen LogP) is 4.45. The van der Waals surface area contributed by atoms with Crippen LogP contribution in [0.25, 0.3) is 10.9 Å². The van der Waals surface area contributed by atoms with Crippen molar-refractivity contribution in [2.24, 2.45) is 5.10 Å². The number of esters is 1. The number of aromatic nitrogens is 2. The van der Waals surface area contributed by atoms with Crippen molar-refractivity contribution in [2.45, 2.75) is 26.2 Å². The summed E-state index contributed by atoms with van der Waals surface area (Å²) in [5, 5.41) is 16.2. The number of ether oxygens (including phenoxy) is 2. The number of rotatable bonds is 6. The molecule has 12 heteroatoms. The summed E-state index contributed by atoms with van der Waals surface area (Å²) in [7, 11) is 1.16. The van der Waals surface area contributed by atoms with Crippen molar-refractivity contribution in [3.05, 3.63) is 71.7 Å². The molecule has 0 amide bonds. The molecule has 0 aliphatic carbocycles. The minimum absolute atomic E-state index is 0.0440. The molecule has 0 atom stereocenters.